The zero-order valence-corrected chi connectivity index (χ0v) is 19.3. The van der Waals surface area contributed by atoms with Crippen LogP contribution in [0.3, 0.4) is 0 Å². The van der Waals surface area contributed by atoms with Crippen LogP contribution < -0.4 is 17.0 Å². The minimum Gasteiger partial charge on any atom is -0.444 e. The van der Waals surface area contributed by atoms with Crippen molar-refractivity contribution in [2.45, 2.75) is 39.5 Å². The van der Waals surface area contributed by atoms with E-state index in [-0.39, 0.29) is 30.5 Å². The number of carbonyl (C=O) groups excluding carboxylic acids is 1. The molecular formula is C22H33N5O5. The van der Waals surface area contributed by atoms with Crippen molar-refractivity contribution in [1.82, 2.24) is 18.9 Å². The molecule has 10 heteroatoms. The number of nitrogens with two attached hydrogens (primary N) is 1. The summed E-state index contributed by atoms with van der Waals surface area (Å²) < 4.78 is 13.3. The van der Waals surface area contributed by atoms with Gasteiger partial charge in [-0.1, -0.05) is 0 Å². The van der Waals surface area contributed by atoms with Gasteiger partial charge in [-0.2, -0.15) is 0 Å². The molecule has 0 spiro atoms. The maximum absolute atomic E-state index is 13.1. The third kappa shape index (κ3) is 5.49. The lowest BCUT2D eigenvalue weighted by Gasteiger charge is -2.35. The molecule has 0 bridgehead atoms. The largest absolute Gasteiger partial charge is 0.444 e. The molecule has 2 heterocycles. The van der Waals surface area contributed by atoms with Gasteiger partial charge in [0.15, 0.2) is 0 Å². The molecule has 1 aliphatic heterocycles. The fraction of sp³-hybridized carbons (Fsp3) is 0.591. The smallest absolute Gasteiger partial charge is 0.410 e. The average molecular weight is 448 g/mol. The van der Waals surface area contributed by atoms with Gasteiger partial charge in [-0.05, 0) is 39.0 Å². The maximum Gasteiger partial charge on any atom is 0.410 e. The molecule has 3 rings (SSSR count). The van der Waals surface area contributed by atoms with Crippen LogP contribution in [0.25, 0.3) is 10.9 Å². The number of methoxy groups -OCH3 is 1. The van der Waals surface area contributed by atoms with Gasteiger partial charge in [0, 0.05) is 52.1 Å². The summed E-state index contributed by atoms with van der Waals surface area (Å²) in [6, 6.07) is 5.02. The number of aromatic nitrogens is 2. The van der Waals surface area contributed by atoms with Crippen molar-refractivity contribution in [3.8, 4) is 0 Å². The van der Waals surface area contributed by atoms with E-state index in [1.807, 2.05) is 20.8 Å². The fourth-order valence-electron chi connectivity index (χ4n) is 3.76. The van der Waals surface area contributed by atoms with Crippen molar-refractivity contribution >= 4 is 22.7 Å². The number of rotatable bonds is 6. The molecule has 1 aromatic carbocycles. The number of nitrogen functional groups attached to an aromatic ring is 1. The van der Waals surface area contributed by atoms with Crippen molar-refractivity contribution < 1.29 is 14.3 Å². The number of hydrogen-bond acceptors (Lipinski definition) is 7. The predicted octanol–water partition coefficient (Wildman–Crippen LogP) is 0.945. The summed E-state index contributed by atoms with van der Waals surface area (Å²) in [6.45, 7) is 9.51. The first-order valence-corrected chi connectivity index (χ1v) is 10.8. The van der Waals surface area contributed by atoms with Gasteiger partial charge in [0.05, 0.1) is 24.1 Å². The number of nitrogens with zero attached hydrogens (tertiary/aromatic N) is 4. The highest BCUT2D eigenvalue weighted by molar-refractivity contribution is 5.81. The normalized spacial score (nSPS) is 15.3. The zero-order valence-electron chi connectivity index (χ0n) is 19.3. The summed E-state index contributed by atoms with van der Waals surface area (Å²) in [4.78, 5) is 42.1. The number of anilines is 1. The second-order valence-corrected chi connectivity index (χ2v) is 8.97. The van der Waals surface area contributed by atoms with Crippen LogP contribution in [0, 0.1) is 0 Å². The standard InChI is InChI=1S/C22H33N5O5/c1-22(2,3)32-21(30)25-10-7-24(8-11-25)9-12-26-18-6-5-16(23)15-17(18)19(28)27(20(26)29)13-14-31-4/h5-6,15H,7-14,23H2,1-4H3. The van der Waals surface area contributed by atoms with Gasteiger partial charge in [0.25, 0.3) is 5.56 Å². The molecule has 32 heavy (non-hydrogen) atoms. The van der Waals surface area contributed by atoms with Crippen LogP contribution in [0.1, 0.15) is 20.8 Å². The van der Waals surface area contributed by atoms with Gasteiger partial charge in [-0.25, -0.2) is 9.59 Å². The Labute approximate surface area is 187 Å². The summed E-state index contributed by atoms with van der Waals surface area (Å²) in [7, 11) is 1.53. The van der Waals surface area contributed by atoms with E-state index in [1.165, 1.54) is 11.7 Å². The molecule has 1 amide bonds. The molecule has 176 valence electrons. The van der Waals surface area contributed by atoms with Crippen LogP contribution in [0.4, 0.5) is 10.5 Å². The molecule has 0 saturated carbocycles. The van der Waals surface area contributed by atoms with Crippen molar-refractivity contribution in [3.05, 3.63) is 39.0 Å². The summed E-state index contributed by atoms with van der Waals surface area (Å²) in [6.07, 6.45) is -0.304. The molecule has 0 unspecified atom stereocenters. The first kappa shape index (κ1) is 23.8. The molecule has 0 aliphatic carbocycles. The van der Waals surface area contributed by atoms with E-state index in [0.29, 0.717) is 55.9 Å². The molecule has 1 aliphatic rings. The molecule has 10 nitrogen and oxygen atoms in total. The molecule has 2 N–H and O–H groups in total. The van der Waals surface area contributed by atoms with E-state index in [1.54, 1.807) is 27.7 Å². The van der Waals surface area contributed by atoms with Crippen LogP contribution in [0.2, 0.25) is 0 Å². The van der Waals surface area contributed by atoms with Crippen molar-refractivity contribution in [3.63, 3.8) is 0 Å². The van der Waals surface area contributed by atoms with Crippen LogP contribution in [0.15, 0.2) is 27.8 Å². The third-order valence-electron chi connectivity index (χ3n) is 5.43. The Hall–Kier alpha value is -2.85. The van der Waals surface area contributed by atoms with E-state index in [2.05, 4.69) is 4.90 Å². The molecule has 0 radical (unpaired) electrons. The lowest BCUT2D eigenvalue weighted by atomic mass is 10.2. The highest BCUT2D eigenvalue weighted by atomic mass is 16.6. The second-order valence-electron chi connectivity index (χ2n) is 8.97. The van der Waals surface area contributed by atoms with Crippen LogP contribution >= 0.6 is 0 Å². The Morgan fingerprint density at radius 3 is 2.34 bits per heavy atom. The van der Waals surface area contributed by atoms with Gasteiger partial charge in [-0.15, -0.1) is 0 Å². The van der Waals surface area contributed by atoms with E-state index in [4.69, 9.17) is 15.2 Å². The monoisotopic (exact) mass is 447 g/mol. The maximum atomic E-state index is 13.1. The van der Waals surface area contributed by atoms with Gasteiger partial charge < -0.3 is 20.1 Å². The summed E-state index contributed by atoms with van der Waals surface area (Å²) in [5, 5.41) is 0.412. The molecule has 1 fully saturated rings. The quantitative estimate of drug-likeness (QED) is 0.656. The van der Waals surface area contributed by atoms with Crippen molar-refractivity contribution in [1.29, 1.82) is 0 Å². The number of ether oxygens (including phenoxy) is 2. The van der Waals surface area contributed by atoms with Crippen LogP contribution in [-0.4, -0.2) is 77.1 Å². The number of amides is 1. The minimum absolute atomic E-state index is 0.174. The van der Waals surface area contributed by atoms with Gasteiger partial charge in [0.1, 0.15) is 5.60 Å². The Bertz CT molecular complexity index is 1080. The van der Waals surface area contributed by atoms with Crippen molar-refractivity contribution in [2.24, 2.45) is 0 Å². The highest BCUT2D eigenvalue weighted by Gasteiger charge is 2.26. The lowest BCUT2D eigenvalue weighted by molar-refractivity contribution is 0.0143. The topological polar surface area (TPSA) is 112 Å². The highest BCUT2D eigenvalue weighted by Crippen LogP contribution is 2.14. The van der Waals surface area contributed by atoms with Crippen molar-refractivity contribution in [2.75, 3.05) is 52.2 Å². The number of hydrogen-bond donors (Lipinski definition) is 1. The Balaban J connectivity index is 1.75. The van der Waals surface area contributed by atoms with Crippen LogP contribution in [0.5, 0.6) is 0 Å². The Kier molecular flexibility index (Phi) is 7.25. The SMILES string of the molecule is COCCn1c(=O)c2cc(N)ccc2n(CCN2CCN(C(=O)OC(C)(C)C)CC2)c1=O. The minimum atomic E-state index is -0.522. The molecule has 2 aromatic rings. The Morgan fingerprint density at radius 1 is 1.03 bits per heavy atom. The molecule has 1 saturated heterocycles. The fourth-order valence-corrected chi connectivity index (χ4v) is 3.76. The van der Waals surface area contributed by atoms with E-state index >= 15 is 0 Å². The zero-order chi connectivity index (χ0) is 23.5. The summed E-state index contributed by atoms with van der Waals surface area (Å²) in [5.74, 6) is 0. The average Bonchev–Trinajstić information content (AvgIpc) is 2.73. The first-order chi connectivity index (χ1) is 15.1. The van der Waals surface area contributed by atoms with Gasteiger partial charge >= 0.3 is 11.8 Å². The molecular weight excluding hydrogens is 414 g/mol. The molecule has 0 atom stereocenters. The number of piperazine rings is 1. The predicted molar refractivity (Wildman–Crippen MR) is 123 cm³/mol. The van der Waals surface area contributed by atoms with Gasteiger partial charge in [0.2, 0.25) is 0 Å². The second kappa shape index (κ2) is 9.74. The lowest BCUT2D eigenvalue weighted by Crippen LogP contribution is -2.51. The summed E-state index contributed by atoms with van der Waals surface area (Å²) >= 11 is 0. The van der Waals surface area contributed by atoms with Crippen LogP contribution in [-0.2, 0) is 22.6 Å². The van der Waals surface area contributed by atoms with Gasteiger partial charge in [-0.3, -0.25) is 18.8 Å². The van der Waals surface area contributed by atoms with E-state index < -0.39 is 5.60 Å². The number of fused-ring (bicyclic) bond motifs is 1. The number of benzene rings is 1. The first-order valence-electron chi connectivity index (χ1n) is 10.8. The third-order valence-corrected chi connectivity index (χ3v) is 5.43. The summed E-state index contributed by atoms with van der Waals surface area (Å²) in [5.41, 5.74) is 5.67. The number of carbonyl (C=O) groups is 1. The van der Waals surface area contributed by atoms with E-state index in [9.17, 15) is 14.4 Å². The van der Waals surface area contributed by atoms with E-state index in [0.717, 1.165) is 0 Å². The Morgan fingerprint density at radius 2 is 1.72 bits per heavy atom. The molecule has 1 aromatic heterocycles.